The monoisotopic (exact) mass is 577 g/mol. The maximum absolute atomic E-state index is 8.62. The molecule has 0 spiro atoms. The molecule has 3 fully saturated rings. The lowest BCUT2D eigenvalue weighted by Crippen LogP contribution is -2.55. The highest BCUT2D eigenvalue weighted by Crippen LogP contribution is 2.73. The molecule has 3 nitrogen and oxygen atoms in total. The Morgan fingerprint density at radius 1 is 0.976 bits per heavy atom. The zero-order valence-electron chi connectivity index (χ0n) is 28.3. The molecular weight excluding hydrogens is 512 g/mol. The van der Waals surface area contributed by atoms with Gasteiger partial charge in [-0.05, 0) is 148 Å². The number of hydrogen-bond acceptors (Lipinski definition) is 3. The third kappa shape index (κ3) is 6.72. The molecule has 0 aromatic heterocycles. The quantitative estimate of drug-likeness (QED) is 0.233. The third-order valence-corrected chi connectivity index (χ3v) is 12.6. The fraction of sp³-hybridized carbons (Fsp3) is 0.692. The van der Waals surface area contributed by atoms with Crippen molar-refractivity contribution in [3.63, 3.8) is 0 Å². The van der Waals surface area contributed by atoms with Crippen LogP contribution in [0.25, 0.3) is 0 Å². The van der Waals surface area contributed by atoms with Crippen molar-refractivity contribution in [1.29, 1.82) is 0 Å². The molecular formula is C39H64N2O. The van der Waals surface area contributed by atoms with E-state index in [0.717, 1.165) is 35.2 Å². The Morgan fingerprint density at radius 2 is 1.62 bits per heavy atom. The molecule has 4 aliphatic carbocycles. The largest absolute Gasteiger partial charge is 0.399 e. The molecule has 3 saturated carbocycles. The Labute approximate surface area is 259 Å². The standard InChI is InChI=1S/C29H48.C8H12N2O.C2H4/c1-20(2)10-8-11-22(4)24-15-18-29(7)26-14-13-23-21(3)12-9-17-27(23,5)25(26)16-19-28(24,29)6;9-7-3-6(1-2-11)4-8(10)5-7;1-2/h10,13,21-22,24-26H,8-9,11-12,14-19H2,1-7H3;3-5,11H,1-2,9-10H2;1-2H2. The fourth-order valence-corrected chi connectivity index (χ4v) is 10.3. The van der Waals surface area contributed by atoms with Crippen LogP contribution in [0.2, 0.25) is 0 Å². The van der Waals surface area contributed by atoms with Crippen molar-refractivity contribution in [2.75, 3.05) is 18.1 Å². The van der Waals surface area contributed by atoms with E-state index >= 15 is 0 Å². The summed E-state index contributed by atoms with van der Waals surface area (Å²) in [7, 11) is 0. The number of aliphatic hydroxyl groups excluding tert-OH is 1. The first-order valence-electron chi connectivity index (χ1n) is 17.0. The summed E-state index contributed by atoms with van der Waals surface area (Å²) in [6, 6.07) is 5.32. The lowest BCUT2D eigenvalue weighted by Gasteiger charge is -2.63. The van der Waals surface area contributed by atoms with Crippen LogP contribution >= 0.6 is 0 Å². The molecule has 4 aliphatic rings. The lowest BCUT2D eigenvalue weighted by molar-refractivity contribution is -0.112. The van der Waals surface area contributed by atoms with Gasteiger partial charge in [0.2, 0.25) is 0 Å². The zero-order chi connectivity index (χ0) is 31.3. The molecule has 0 bridgehead atoms. The number of rotatable bonds is 6. The highest BCUT2D eigenvalue weighted by atomic mass is 16.2. The van der Waals surface area contributed by atoms with E-state index in [1.165, 1.54) is 69.8 Å². The van der Waals surface area contributed by atoms with Crippen molar-refractivity contribution >= 4 is 11.4 Å². The molecule has 0 amide bonds. The van der Waals surface area contributed by atoms with Crippen molar-refractivity contribution in [1.82, 2.24) is 0 Å². The van der Waals surface area contributed by atoms with E-state index in [2.05, 4.69) is 73.8 Å². The molecule has 3 heteroatoms. The second-order valence-corrected chi connectivity index (χ2v) is 15.2. The first-order chi connectivity index (χ1) is 19.9. The Balaban J connectivity index is 0.000000313. The van der Waals surface area contributed by atoms with E-state index in [4.69, 9.17) is 16.6 Å². The van der Waals surface area contributed by atoms with Gasteiger partial charge >= 0.3 is 0 Å². The predicted molar refractivity (Wildman–Crippen MR) is 184 cm³/mol. The smallest absolute Gasteiger partial charge is 0.0471 e. The molecule has 1 aromatic rings. The Bertz CT molecular complexity index is 1080. The minimum atomic E-state index is 0.128. The molecule has 5 N–H and O–H groups in total. The number of anilines is 2. The number of aliphatic hydroxyl groups is 1. The number of nitrogen functional groups attached to an aromatic ring is 2. The van der Waals surface area contributed by atoms with Crippen molar-refractivity contribution < 1.29 is 5.11 Å². The SMILES string of the molecule is C=C.CC(C)=CCCC(C)C1CCC2(C)C3CC=C4C(C)CCCC4(C)C3CCC12C.Nc1cc(N)cc(CCO)c1. The maximum atomic E-state index is 8.62. The van der Waals surface area contributed by atoms with E-state index in [-0.39, 0.29) is 6.61 Å². The van der Waals surface area contributed by atoms with E-state index in [9.17, 15) is 0 Å². The number of hydrogen-bond donors (Lipinski definition) is 3. The van der Waals surface area contributed by atoms with E-state index in [0.29, 0.717) is 34.0 Å². The summed E-state index contributed by atoms with van der Waals surface area (Å²) in [6.07, 6.45) is 20.2. The van der Waals surface area contributed by atoms with Gasteiger partial charge in [0.05, 0.1) is 0 Å². The van der Waals surface area contributed by atoms with Crippen molar-refractivity contribution in [3.05, 3.63) is 60.2 Å². The first kappa shape index (κ1) is 34.5. The van der Waals surface area contributed by atoms with Gasteiger partial charge < -0.3 is 16.6 Å². The third-order valence-electron chi connectivity index (χ3n) is 12.6. The normalized spacial score (nSPS) is 35.5. The molecule has 8 atom stereocenters. The fourth-order valence-electron chi connectivity index (χ4n) is 10.3. The van der Waals surface area contributed by atoms with Gasteiger partial charge in [-0.25, -0.2) is 0 Å². The van der Waals surface area contributed by atoms with Crippen LogP contribution in [0, 0.1) is 45.8 Å². The molecule has 0 saturated heterocycles. The number of fused-ring (bicyclic) bond motifs is 5. The Morgan fingerprint density at radius 3 is 2.24 bits per heavy atom. The topological polar surface area (TPSA) is 72.3 Å². The van der Waals surface area contributed by atoms with Crippen molar-refractivity contribution in [3.8, 4) is 0 Å². The average Bonchev–Trinajstić information content (AvgIpc) is 3.21. The van der Waals surface area contributed by atoms with Gasteiger partial charge in [0.15, 0.2) is 0 Å². The summed E-state index contributed by atoms with van der Waals surface area (Å²) in [5, 5.41) is 8.62. The lowest BCUT2D eigenvalue weighted by atomic mass is 9.41. The van der Waals surface area contributed by atoms with E-state index < -0.39 is 0 Å². The molecule has 42 heavy (non-hydrogen) atoms. The van der Waals surface area contributed by atoms with Gasteiger partial charge in [0.1, 0.15) is 0 Å². The Hall–Kier alpha value is -2.00. The summed E-state index contributed by atoms with van der Waals surface area (Å²) in [5.41, 5.74) is 18.3. The van der Waals surface area contributed by atoms with Crippen molar-refractivity contribution in [2.45, 2.75) is 119 Å². The Kier molecular flexibility index (Phi) is 11.7. The van der Waals surface area contributed by atoms with Crippen LogP contribution in [0.5, 0.6) is 0 Å². The zero-order valence-corrected chi connectivity index (χ0v) is 28.3. The number of allylic oxidation sites excluding steroid dienone is 4. The van der Waals surface area contributed by atoms with Crippen LogP contribution in [-0.4, -0.2) is 11.7 Å². The van der Waals surface area contributed by atoms with Crippen LogP contribution < -0.4 is 11.5 Å². The minimum absolute atomic E-state index is 0.128. The predicted octanol–water partition coefficient (Wildman–Crippen LogP) is 10.2. The van der Waals surface area contributed by atoms with Gasteiger partial charge in [0.25, 0.3) is 0 Å². The number of nitrogens with two attached hydrogens (primary N) is 2. The summed E-state index contributed by atoms with van der Waals surface area (Å²) in [5.74, 6) is 4.51. The second-order valence-electron chi connectivity index (χ2n) is 15.2. The summed E-state index contributed by atoms with van der Waals surface area (Å²) in [6.45, 7) is 23.8. The van der Waals surface area contributed by atoms with Gasteiger partial charge in [-0.15, -0.1) is 13.2 Å². The van der Waals surface area contributed by atoms with Crippen LogP contribution in [0.3, 0.4) is 0 Å². The summed E-state index contributed by atoms with van der Waals surface area (Å²) >= 11 is 0. The van der Waals surface area contributed by atoms with Gasteiger partial charge in [-0.1, -0.05) is 64.3 Å². The molecule has 1 aromatic carbocycles. The summed E-state index contributed by atoms with van der Waals surface area (Å²) in [4.78, 5) is 0. The number of benzene rings is 1. The average molecular weight is 577 g/mol. The van der Waals surface area contributed by atoms with Crippen LogP contribution in [0.1, 0.15) is 118 Å². The molecule has 0 aliphatic heterocycles. The van der Waals surface area contributed by atoms with Crippen LogP contribution in [0.15, 0.2) is 54.7 Å². The molecule has 0 heterocycles. The van der Waals surface area contributed by atoms with Gasteiger partial charge in [-0.3, -0.25) is 0 Å². The highest BCUT2D eigenvalue weighted by molar-refractivity contribution is 5.54. The maximum Gasteiger partial charge on any atom is 0.0471 e. The highest BCUT2D eigenvalue weighted by Gasteiger charge is 2.64. The first-order valence-corrected chi connectivity index (χ1v) is 17.0. The minimum Gasteiger partial charge on any atom is -0.399 e. The molecule has 5 rings (SSSR count). The van der Waals surface area contributed by atoms with Gasteiger partial charge in [0, 0.05) is 18.0 Å². The van der Waals surface area contributed by atoms with Gasteiger partial charge in [-0.2, -0.15) is 0 Å². The van der Waals surface area contributed by atoms with E-state index in [1.807, 2.05) is 17.7 Å². The molecule has 0 radical (unpaired) electrons. The van der Waals surface area contributed by atoms with Crippen LogP contribution in [0.4, 0.5) is 11.4 Å². The summed E-state index contributed by atoms with van der Waals surface area (Å²) < 4.78 is 0. The van der Waals surface area contributed by atoms with E-state index in [1.54, 1.807) is 6.07 Å². The van der Waals surface area contributed by atoms with Crippen LogP contribution in [-0.2, 0) is 6.42 Å². The van der Waals surface area contributed by atoms with Crippen molar-refractivity contribution in [2.24, 2.45) is 45.8 Å². The molecule has 8 unspecified atom stereocenters. The second kappa shape index (κ2) is 14.2. The molecule has 236 valence electrons.